The van der Waals surface area contributed by atoms with Crippen molar-refractivity contribution in [1.82, 2.24) is 0 Å². The first-order chi connectivity index (χ1) is 9.85. The molecule has 0 aromatic heterocycles. The lowest BCUT2D eigenvalue weighted by Gasteiger charge is -2.14. The molecule has 0 saturated carbocycles. The molecule has 1 aromatic rings. The van der Waals surface area contributed by atoms with Gasteiger partial charge in [0.15, 0.2) is 23.5 Å². The van der Waals surface area contributed by atoms with Crippen LogP contribution in [0.15, 0.2) is 18.2 Å². The lowest BCUT2D eigenvalue weighted by atomic mass is 10.2. The largest absolute Gasteiger partial charge is 0.478 e. The molecule has 21 heavy (non-hydrogen) atoms. The van der Waals surface area contributed by atoms with E-state index < -0.39 is 35.4 Å². The first-order valence-electron chi connectivity index (χ1n) is 6.08. The van der Waals surface area contributed by atoms with Gasteiger partial charge >= 0.3 is 11.9 Å². The van der Waals surface area contributed by atoms with E-state index in [9.17, 15) is 18.4 Å². The number of benzene rings is 1. The summed E-state index contributed by atoms with van der Waals surface area (Å²) in [6, 6.07) is 1.80. The molecule has 0 aliphatic rings. The van der Waals surface area contributed by atoms with Crippen molar-refractivity contribution in [3.05, 3.63) is 35.4 Å². The minimum Gasteiger partial charge on any atom is -0.478 e. The van der Waals surface area contributed by atoms with Gasteiger partial charge in [-0.1, -0.05) is 0 Å². The van der Waals surface area contributed by atoms with Crippen LogP contribution in [-0.2, 0) is 14.3 Å². The number of hydrogen-bond acceptors (Lipinski definition) is 4. The molecule has 1 aromatic carbocycles. The molecule has 0 amide bonds. The minimum atomic E-state index is -1.24. The van der Waals surface area contributed by atoms with E-state index in [-0.39, 0.29) is 12.2 Å². The highest BCUT2D eigenvalue weighted by atomic mass is 19.1. The Labute approximate surface area is 119 Å². The zero-order valence-electron chi connectivity index (χ0n) is 11.4. The van der Waals surface area contributed by atoms with Gasteiger partial charge in [0.05, 0.1) is 6.61 Å². The monoisotopic (exact) mass is 300 g/mol. The van der Waals surface area contributed by atoms with Crippen molar-refractivity contribution in [2.24, 2.45) is 0 Å². The molecule has 0 heterocycles. The molecular formula is C14H14F2O5. The molecule has 0 radical (unpaired) electrons. The van der Waals surface area contributed by atoms with Crippen molar-refractivity contribution >= 4 is 18.0 Å². The van der Waals surface area contributed by atoms with Crippen LogP contribution in [0.3, 0.4) is 0 Å². The van der Waals surface area contributed by atoms with Gasteiger partial charge in [0, 0.05) is 6.08 Å². The van der Waals surface area contributed by atoms with Gasteiger partial charge in [-0.2, -0.15) is 0 Å². The molecule has 0 aliphatic heterocycles. The molecule has 5 nitrogen and oxygen atoms in total. The molecule has 1 unspecified atom stereocenters. The van der Waals surface area contributed by atoms with Crippen LogP contribution in [0.25, 0.3) is 6.08 Å². The van der Waals surface area contributed by atoms with Crippen LogP contribution in [0, 0.1) is 11.6 Å². The molecule has 1 rings (SSSR count). The van der Waals surface area contributed by atoms with Crippen molar-refractivity contribution in [2.75, 3.05) is 6.61 Å². The Balaban J connectivity index is 2.95. The fourth-order valence-corrected chi connectivity index (χ4v) is 1.44. The van der Waals surface area contributed by atoms with Crippen molar-refractivity contribution < 1.29 is 33.0 Å². The van der Waals surface area contributed by atoms with Crippen molar-refractivity contribution in [2.45, 2.75) is 20.0 Å². The summed E-state index contributed by atoms with van der Waals surface area (Å²) in [5, 5.41) is 8.45. The zero-order valence-corrected chi connectivity index (χ0v) is 11.4. The van der Waals surface area contributed by atoms with Crippen LogP contribution in [0.2, 0.25) is 0 Å². The molecule has 7 heteroatoms. The molecule has 1 N–H and O–H groups in total. The maximum absolute atomic E-state index is 13.7. The van der Waals surface area contributed by atoms with Gasteiger partial charge < -0.3 is 14.6 Å². The number of aliphatic carboxylic acids is 1. The Bertz CT molecular complexity index is 545. The summed E-state index contributed by atoms with van der Waals surface area (Å²) in [6.45, 7) is 3.01. The van der Waals surface area contributed by atoms with E-state index in [1.807, 2.05) is 0 Å². The second-order valence-corrected chi connectivity index (χ2v) is 4.00. The Morgan fingerprint density at radius 1 is 1.33 bits per heavy atom. The van der Waals surface area contributed by atoms with E-state index in [2.05, 4.69) is 4.74 Å². The highest BCUT2D eigenvalue weighted by molar-refractivity contribution is 5.85. The second-order valence-electron chi connectivity index (χ2n) is 4.00. The number of rotatable bonds is 6. The standard InChI is InChI=1S/C14H14F2O5/c1-3-20-14(19)8(2)21-13-10(15)6-9(7-11(13)16)4-5-12(17)18/h4-8H,3H2,1-2H3,(H,17,18). The van der Waals surface area contributed by atoms with E-state index in [0.717, 1.165) is 24.3 Å². The lowest BCUT2D eigenvalue weighted by Crippen LogP contribution is -2.26. The van der Waals surface area contributed by atoms with E-state index >= 15 is 0 Å². The lowest BCUT2D eigenvalue weighted by molar-refractivity contribution is -0.150. The van der Waals surface area contributed by atoms with E-state index in [0.29, 0.717) is 0 Å². The number of ether oxygens (including phenoxy) is 2. The Hall–Kier alpha value is -2.44. The van der Waals surface area contributed by atoms with Gasteiger partial charge in [-0.25, -0.2) is 18.4 Å². The number of esters is 1. The zero-order chi connectivity index (χ0) is 16.0. The summed E-state index contributed by atoms with van der Waals surface area (Å²) < 4.78 is 37.1. The van der Waals surface area contributed by atoms with E-state index in [4.69, 9.17) is 9.84 Å². The number of carbonyl (C=O) groups excluding carboxylic acids is 1. The summed E-state index contributed by atoms with van der Waals surface area (Å²) in [5.74, 6) is -4.80. The average molecular weight is 300 g/mol. The van der Waals surface area contributed by atoms with Gasteiger partial charge in [-0.05, 0) is 37.6 Å². The fraction of sp³-hybridized carbons (Fsp3) is 0.286. The van der Waals surface area contributed by atoms with Crippen LogP contribution in [-0.4, -0.2) is 29.8 Å². The number of hydrogen-bond donors (Lipinski definition) is 1. The van der Waals surface area contributed by atoms with Crippen LogP contribution < -0.4 is 4.74 Å². The Morgan fingerprint density at radius 3 is 2.38 bits per heavy atom. The molecular weight excluding hydrogens is 286 g/mol. The highest BCUT2D eigenvalue weighted by Gasteiger charge is 2.20. The summed E-state index contributed by atoms with van der Waals surface area (Å²) in [7, 11) is 0. The molecule has 0 fully saturated rings. The molecule has 114 valence electrons. The van der Waals surface area contributed by atoms with Crippen molar-refractivity contribution in [3.63, 3.8) is 0 Å². The number of carboxylic acid groups (broad SMARTS) is 1. The molecule has 0 saturated heterocycles. The van der Waals surface area contributed by atoms with Crippen LogP contribution >= 0.6 is 0 Å². The van der Waals surface area contributed by atoms with E-state index in [1.165, 1.54) is 6.92 Å². The number of carboxylic acids is 1. The number of carbonyl (C=O) groups is 2. The highest BCUT2D eigenvalue weighted by Crippen LogP contribution is 2.25. The van der Waals surface area contributed by atoms with E-state index in [1.54, 1.807) is 6.92 Å². The quantitative estimate of drug-likeness (QED) is 0.645. The normalized spacial score (nSPS) is 12.2. The predicted octanol–water partition coefficient (Wildman–Crippen LogP) is 2.39. The van der Waals surface area contributed by atoms with Crippen LogP contribution in [0.1, 0.15) is 19.4 Å². The maximum atomic E-state index is 13.7. The first-order valence-corrected chi connectivity index (χ1v) is 6.08. The topological polar surface area (TPSA) is 72.8 Å². The molecule has 0 aliphatic carbocycles. The van der Waals surface area contributed by atoms with Crippen LogP contribution in [0.4, 0.5) is 8.78 Å². The first kappa shape index (κ1) is 16.6. The molecule has 0 spiro atoms. The smallest absolute Gasteiger partial charge is 0.347 e. The third-order valence-electron chi connectivity index (χ3n) is 2.35. The Morgan fingerprint density at radius 2 is 1.90 bits per heavy atom. The maximum Gasteiger partial charge on any atom is 0.347 e. The predicted molar refractivity (Wildman–Crippen MR) is 69.8 cm³/mol. The minimum absolute atomic E-state index is 0.0172. The van der Waals surface area contributed by atoms with Crippen molar-refractivity contribution in [3.8, 4) is 5.75 Å². The molecule has 1 atom stereocenters. The van der Waals surface area contributed by atoms with Crippen LogP contribution in [0.5, 0.6) is 5.75 Å². The van der Waals surface area contributed by atoms with Crippen molar-refractivity contribution in [1.29, 1.82) is 0 Å². The summed E-state index contributed by atoms with van der Waals surface area (Å²) in [5.41, 5.74) is 0.0172. The Kier molecular flexibility index (Phi) is 5.83. The van der Waals surface area contributed by atoms with Gasteiger partial charge in [-0.3, -0.25) is 0 Å². The average Bonchev–Trinajstić information content (AvgIpc) is 2.40. The molecule has 0 bridgehead atoms. The summed E-state index contributed by atoms with van der Waals surface area (Å²) in [4.78, 5) is 21.7. The summed E-state index contributed by atoms with van der Waals surface area (Å²) in [6.07, 6.45) is 0.609. The third-order valence-corrected chi connectivity index (χ3v) is 2.35. The second kappa shape index (κ2) is 7.37. The third kappa shape index (κ3) is 4.87. The van der Waals surface area contributed by atoms with Gasteiger partial charge in [0.25, 0.3) is 0 Å². The van der Waals surface area contributed by atoms with Gasteiger partial charge in [0.2, 0.25) is 0 Å². The summed E-state index contributed by atoms with van der Waals surface area (Å²) >= 11 is 0. The fourth-order valence-electron chi connectivity index (χ4n) is 1.44. The SMILES string of the molecule is CCOC(=O)C(C)Oc1c(F)cc(C=CC(=O)O)cc1F. The van der Waals surface area contributed by atoms with Gasteiger partial charge in [-0.15, -0.1) is 0 Å². The number of halogens is 2. The van der Waals surface area contributed by atoms with Gasteiger partial charge in [0.1, 0.15) is 0 Å².